The van der Waals surface area contributed by atoms with Gasteiger partial charge in [-0.15, -0.1) is 0 Å². The minimum atomic E-state index is -0.401. The smallest absolute Gasteiger partial charge is 0.109 e. The molecule has 0 radical (unpaired) electrons. The highest BCUT2D eigenvalue weighted by atomic mass is 16.5. The van der Waals surface area contributed by atoms with Crippen LogP contribution in [0.15, 0.2) is 0 Å². The zero-order valence-corrected chi connectivity index (χ0v) is 12.6. The van der Waals surface area contributed by atoms with Gasteiger partial charge in [0.15, 0.2) is 0 Å². The predicted octanol–water partition coefficient (Wildman–Crippen LogP) is 2.63. The van der Waals surface area contributed by atoms with Crippen molar-refractivity contribution in [3.63, 3.8) is 0 Å². The third-order valence-corrected chi connectivity index (χ3v) is 3.41. The summed E-state index contributed by atoms with van der Waals surface area (Å²) in [7, 11) is 0. The molecule has 1 saturated carbocycles. The van der Waals surface area contributed by atoms with Gasteiger partial charge in [0, 0.05) is 19.1 Å². The molecule has 0 heterocycles. The summed E-state index contributed by atoms with van der Waals surface area (Å²) >= 11 is 0. The van der Waals surface area contributed by atoms with Crippen LogP contribution in [0.1, 0.15) is 52.9 Å². The molecule has 1 aliphatic carbocycles. The van der Waals surface area contributed by atoms with Gasteiger partial charge in [-0.25, -0.2) is 0 Å². The van der Waals surface area contributed by atoms with Gasteiger partial charge in [-0.3, -0.25) is 5.32 Å². The fraction of sp³-hybridized carbons (Fsp3) is 0.933. The van der Waals surface area contributed by atoms with Crippen LogP contribution in [0.5, 0.6) is 0 Å². The van der Waals surface area contributed by atoms with Crippen molar-refractivity contribution >= 4 is 0 Å². The molecule has 19 heavy (non-hydrogen) atoms. The second-order valence-corrected chi connectivity index (χ2v) is 5.69. The second kappa shape index (κ2) is 8.52. The molecule has 0 aliphatic heterocycles. The molecule has 0 bridgehead atoms. The Balaban J connectivity index is 2.34. The van der Waals surface area contributed by atoms with E-state index in [4.69, 9.17) is 9.47 Å². The molecule has 2 unspecified atom stereocenters. The van der Waals surface area contributed by atoms with Crippen LogP contribution in [-0.2, 0) is 9.47 Å². The van der Waals surface area contributed by atoms with Crippen LogP contribution in [0, 0.1) is 11.3 Å². The number of rotatable bonds is 8. The minimum absolute atomic E-state index is 0.185. The maximum Gasteiger partial charge on any atom is 0.109 e. The van der Waals surface area contributed by atoms with E-state index in [1.165, 1.54) is 0 Å². The maximum atomic E-state index is 9.46. The lowest BCUT2D eigenvalue weighted by Gasteiger charge is -2.37. The van der Waals surface area contributed by atoms with E-state index in [2.05, 4.69) is 32.2 Å². The monoisotopic (exact) mass is 268 g/mol. The van der Waals surface area contributed by atoms with Crippen molar-refractivity contribution in [2.75, 3.05) is 19.8 Å². The summed E-state index contributed by atoms with van der Waals surface area (Å²) in [5, 5.41) is 12.9. The normalized spacial score (nSPS) is 27.4. The molecule has 0 aromatic carbocycles. The molecule has 0 saturated heterocycles. The van der Waals surface area contributed by atoms with E-state index in [0.717, 1.165) is 38.7 Å². The lowest BCUT2D eigenvalue weighted by atomic mass is 9.80. The van der Waals surface area contributed by atoms with Gasteiger partial charge < -0.3 is 9.47 Å². The fourth-order valence-corrected chi connectivity index (χ4v) is 2.70. The molecule has 4 nitrogen and oxygen atoms in total. The molecule has 1 fully saturated rings. The van der Waals surface area contributed by atoms with Gasteiger partial charge in [-0.05, 0) is 39.5 Å². The number of nitrogens with one attached hydrogen (secondary N) is 1. The van der Waals surface area contributed by atoms with E-state index in [1.807, 2.05) is 0 Å². The van der Waals surface area contributed by atoms with E-state index in [1.54, 1.807) is 0 Å². The lowest BCUT2D eigenvalue weighted by Crippen LogP contribution is -2.52. The van der Waals surface area contributed by atoms with Crippen LogP contribution < -0.4 is 5.32 Å². The summed E-state index contributed by atoms with van der Waals surface area (Å²) in [6, 6.07) is 2.79. The SMILES string of the molecule is CCCOCCOC1CCCC(C#N)(NC(C)C)C1. The van der Waals surface area contributed by atoms with E-state index in [0.29, 0.717) is 19.3 Å². The molecule has 1 N–H and O–H groups in total. The van der Waals surface area contributed by atoms with Crippen molar-refractivity contribution in [2.45, 2.75) is 70.6 Å². The number of hydrogen-bond donors (Lipinski definition) is 1. The van der Waals surface area contributed by atoms with Gasteiger partial charge in [-0.1, -0.05) is 6.92 Å². The summed E-state index contributed by atoms with van der Waals surface area (Å²) in [5.41, 5.74) is -0.401. The number of hydrogen-bond acceptors (Lipinski definition) is 4. The standard InChI is InChI=1S/C15H28N2O2/c1-4-8-18-9-10-19-14-6-5-7-15(11-14,12-16)17-13(2)3/h13-14,17H,4-11H2,1-3H3. The Kier molecular flexibility index (Phi) is 7.37. The molecule has 1 aliphatic rings. The van der Waals surface area contributed by atoms with Gasteiger partial charge >= 0.3 is 0 Å². The van der Waals surface area contributed by atoms with E-state index in [-0.39, 0.29) is 6.10 Å². The van der Waals surface area contributed by atoms with Gasteiger partial charge in [0.2, 0.25) is 0 Å². The highest BCUT2D eigenvalue weighted by Crippen LogP contribution is 2.30. The van der Waals surface area contributed by atoms with Crippen LogP contribution in [0.25, 0.3) is 0 Å². The van der Waals surface area contributed by atoms with E-state index < -0.39 is 5.54 Å². The molecule has 2 atom stereocenters. The molecule has 0 amide bonds. The molecule has 1 rings (SSSR count). The van der Waals surface area contributed by atoms with Crippen molar-refractivity contribution in [3.8, 4) is 6.07 Å². The lowest BCUT2D eigenvalue weighted by molar-refractivity contribution is -0.0227. The molecule has 110 valence electrons. The molecule has 0 aromatic rings. The summed E-state index contributed by atoms with van der Waals surface area (Å²) < 4.78 is 11.3. The van der Waals surface area contributed by atoms with Gasteiger partial charge in [-0.2, -0.15) is 5.26 Å². The highest BCUT2D eigenvalue weighted by Gasteiger charge is 2.37. The Bertz CT molecular complexity index is 288. The topological polar surface area (TPSA) is 54.3 Å². The van der Waals surface area contributed by atoms with E-state index in [9.17, 15) is 5.26 Å². The predicted molar refractivity (Wildman–Crippen MR) is 75.9 cm³/mol. The third kappa shape index (κ3) is 5.90. The van der Waals surface area contributed by atoms with E-state index >= 15 is 0 Å². The molecule has 4 heteroatoms. The Labute approximate surface area is 117 Å². The van der Waals surface area contributed by atoms with Crippen LogP contribution in [0.3, 0.4) is 0 Å². The molecular formula is C15H28N2O2. The Hall–Kier alpha value is -0.630. The van der Waals surface area contributed by atoms with Crippen molar-refractivity contribution in [1.29, 1.82) is 5.26 Å². The largest absolute Gasteiger partial charge is 0.379 e. The summed E-state index contributed by atoms with van der Waals surface area (Å²) in [6.07, 6.45) is 5.04. The zero-order valence-electron chi connectivity index (χ0n) is 12.6. The average molecular weight is 268 g/mol. The van der Waals surface area contributed by atoms with Crippen molar-refractivity contribution in [1.82, 2.24) is 5.32 Å². The van der Waals surface area contributed by atoms with Crippen molar-refractivity contribution in [3.05, 3.63) is 0 Å². The van der Waals surface area contributed by atoms with Crippen LogP contribution in [-0.4, -0.2) is 37.5 Å². The first-order chi connectivity index (χ1) is 9.12. The van der Waals surface area contributed by atoms with Crippen LogP contribution in [0.2, 0.25) is 0 Å². The van der Waals surface area contributed by atoms with Gasteiger partial charge in [0.05, 0.1) is 25.4 Å². The number of ether oxygens (including phenoxy) is 2. The summed E-state index contributed by atoms with van der Waals surface area (Å²) in [6.45, 7) is 8.35. The molecular weight excluding hydrogens is 240 g/mol. The first kappa shape index (κ1) is 16.4. The summed E-state index contributed by atoms with van der Waals surface area (Å²) in [5.74, 6) is 0. The Morgan fingerprint density at radius 2 is 2.16 bits per heavy atom. The Morgan fingerprint density at radius 1 is 1.37 bits per heavy atom. The molecule has 0 aromatic heterocycles. The fourth-order valence-electron chi connectivity index (χ4n) is 2.70. The highest BCUT2D eigenvalue weighted by molar-refractivity contribution is 5.10. The summed E-state index contributed by atoms with van der Waals surface area (Å²) in [4.78, 5) is 0. The van der Waals surface area contributed by atoms with Crippen LogP contribution >= 0.6 is 0 Å². The zero-order chi connectivity index (χ0) is 14.1. The number of nitrogens with zero attached hydrogens (tertiary/aromatic N) is 1. The minimum Gasteiger partial charge on any atom is -0.379 e. The van der Waals surface area contributed by atoms with Gasteiger partial charge in [0.25, 0.3) is 0 Å². The number of nitriles is 1. The van der Waals surface area contributed by atoms with Crippen LogP contribution in [0.4, 0.5) is 0 Å². The van der Waals surface area contributed by atoms with Gasteiger partial charge in [0.1, 0.15) is 5.54 Å². The van der Waals surface area contributed by atoms with Crippen molar-refractivity contribution in [2.24, 2.45) is 0 Å². The molecule has 0 spiro atoms. The first-order valence-corrected chi connectivity index (χ1v) is 7.50. The average Bonchev–Trinajstić information content (AvgIpc) is 2.38. The van der Waals surface area contributed by atoms with Crippen molar-refractivity contribution < 1.29 is 9.47 Å². The maximum absolute atomic E-state index is 9.46. The Morgan fingerprint density at radius 3 is 2.79 bits per heavy atom. The third-order valence-electron chi connectivity index (χ3n) is 3.41. The first-order valence-electron chi connectivity index (χ1n) is 7.50. The quantitative estimate of drug-likeness (QED) is 0.688. The second-order valence-electron chi connectivity index (χ2n) is 5.69.